The molecular formula is C26H32F3N5O8. The summed E-state index contributed by atoms with van der Waals surface area (Å²) >= 11 is 0. The molecule has 0 radical (unpaired) electrons. The average Bonchev–Trinajstić information content (AvgIpc) is 2.90. The first-order valence-electron chi connectivity index (χ1n) is 12.7. The van der Waals surface area contributed by atoms with E-state index in [0.29, 0.717) is 12.0 Å². The van der Waals surface area contributed by atoms with E-state index in [0.717, 1.165) is 37.2 Å². The fraction of sp³-hybridized carbons (Fsp3) is 0.423. The Morgan fingerprint density at radius 3 is 2.29 bits per heavy atom. The number of nitro benzene ring substituents is 1. The third kappa shape index (κ3) is 15.1. The Kier molecular flexibility index (Phi) is 15.0. The van der Waals surface area contributed by atoms with Crippen molar-refractivity contribution in [2.24, 2.45) is 0 Å². The van der Waals surface area contributed by atoms with Crippen LogP contribution in [-0.2, 0) is 19.2 Å². The summed E-state index contributed by atoms with van der Waals surface area (Å²) in [6.45, 7) is 2.50. The Labute approximate surface area is 238 Å². The van der Waals surface area contributed by atoms with Gasteiger partial charge in [-0.25, -0.2) is 9.78 Å². The Morgan fingerprint density at radius 2 is 1.69 bits per heavy atom. The van der Waals surface area contributed by atoms with Crippen molar-refractivity contribution < 1.29 is 47.5 Å². The van der Waals surface area contributed by atoms with E-state index in [2.05, 4.69) is 20.9 Å². The predicted octanol–water partition coefficient (Wildman–Crippen LogP) is 3.74. The van der Waals surface area contributed by atoms with Gasteiger partial charge in [0.25, 0.3) is 5.69 Å². The van der Waals surface area contributed by atoms with Gasteiger partial charge >= 0.3 is 18.1 Å². The average molecular weight is 600 g/mol. The smallest absolute Gasteiger partial charge is 0.481 e. The second-order valence-electron chi connectivity index (χ2n) is 8.96. The van der Waals surface area contributed by atoms with Crippen molar-refractivity contribution >= 4 is 35.3 Å². The molecule has 0 saturated heterocycles. The molecule has 0 aliphatic rings. The van der Waals surface area contributed by atoms with Gasteiger partial charge in [0.15, 0.2) is 0 Å². The number of carbonyl (C=O) groups excluding carboxylic acids is 2. The lowest BCUT2D eigenvalue weighted by Gasteiger charge is -2.17. The number of amides is 2. The molecule has 1 heterocycles. The molecule has 16 heteroatoms. The first-order valence-corrected chi connectivity index (χ1v) is 12.7. The van der Waals surface area contributed by atoms with Crippen LogP contribution in [0, 0.1) is 17.0 Å². The number of hydrogen-bond donors (Lipinski definition) is 5. The topological polar surface area (TPSA) is 201 Å². The van der Waals surface area contributed by atoms with Crippen molar-refractivity contribution in [1.29, 1.82) is 0 Å². The number of carboxylic acid groups (broad SMARTS) is 2. The van der Waals surface area contributed by atoms with Crippen LogP contribution >= 0.6 is 0 Å². The van der Waals surface area contributed by atoms with E-state index in [9.17, 15) is 37.7 Å². The molecule has 0 saturated carbocycles. The summed E-state index contributed by atoms with van der Waals surface area (Å²) < 4.78 is 31.7. The number of carboxylic acids is 2. The van der Waals surface area contributed by atoms with Gasteiger partial charge in [0, 0.05) is 31.3 Å². The number of hydrogen-bond acceptors (Lipinski definition) is 8. The summed E-state index contributed by atoms with van der Waals surface area (Å²) in [5, 5.41) is 35.5. The number of nitrogens with one attached hydrogen (secondary N) is 3. The fourth-order valence-corrected chi connectivity index (χ4v) is 3.41. The van der Waals surface area contributed by atoms with Crippen molar-refractivity contribution in [3.8, 4) is 0 Å². The Bertz CT molecular complexity index is 1230. The second-order valence-corrected chi connectivity index (χ2v) is 8.96. The summed E-state index contributed by atoms with van der Waals surface area (Å²) in [5.41, 5.74) is 1.24. The highest BCUT2D eigenvalue weighted by Gasteiger charge is 2.38. The van der Waals surface area contributed by atoms with Crippen LogP contribution in [0.3, 0.4) is 0 Å². The number of unbranched alkanes of at least 4 members (excludes halogenated alkanes) is 3. The largest absolute Gasteiger partial charge is 0.490 e. The van der Waals surface area contributed by atoms with Crippen molar-refractivity contribution in [1.82, 2.24) is 15.6 Å². The Balaban J connectivity index is 0.00000112. The van der Waals surface area contributed by atoms with E-state index in [1.54, 1.807) is 6.20 Å². The highest BCUT2D eigenvalue weighted by Crippen LogP contribution is 2.22. The number of alkyl halides is 3. The summed E-state index contributed by atoms with van der Waals surface area (Å²) in [6.07, 6.45) is -0.0355. The molecule has 5 N–H and O–H groups in total. The molecular weight excluding hydrogens is 567 g/mol. The number of nitrogens with zero attached hydrogens (tertiary/aromatic N) is 2. The molecule has 1 unspecified atom stereocenters. The molecule has 1 aromatic heterocycles. The first-order chi connectivity index (χ1) is 19.7. The minimum atomic E-state index is -5.08. The van der Waals surface area contributed by atoms with Crippen LogP contribution in [0.2, 0.25) is 0 Å². The molecule has 0 aliphatic carbocycles. The number of aromatic nitrogens is 1. The molecule has 2 rings (SSSR count). The summed E-state index contributed by atoms with van der Waals surface area (Å²) in [6, 6.07) is 8.39. The lowest BCUT2D eigenvalue weighted by molar-refractivity contribution is -0.384. The molecule has 1 atom stereocenters. The van der Waals surface area contributed by atoms with Gasteiger partial charge in [0.05, 0.1) is 23.9 Å². The lowest BCUT2D eigenvalue weighted by Crippen LogP contribution is -2.39. The van der Waals surface area contributed by atoms with Crippen LogP contribution < -0.4 is 16.0 Å². The summed E-state index contributed by atoms with van der Waals surface area (Å²) in [5.74, 6) is -3.93. The number of anilines is 1. The zero-order valence-corrected chi connectivity index (χ0v) is 22.6. The monoisotopic (exact) mass is 599 g/mol. The van der Waals surface area contributed by atoms with Crippen LogP contribution in [0.25, 0.3) is 0 Å². The van der Waals surface area contributed by atoms with E-state index in [4.69, 9.17) is 15.0 Å². The SMILES string of the molecule is Cc1ccnc(NCCCCCCC(=O)NCC(=O)NC(CC(=O)O)c2cccc([N+](=O)[O-])c2)c1.O=C(O)C(F)(F)F. The van der Waals surface area contributed by atoms with Crippen molar-refractivity contribution in [2.45, 2.75) is 57.7 Å². The molecule has 13 nitrogen and oxygen atoms in total. The standard InChI is InChI=1S/C24H31N5O6.C2HF3O2/c1-17-10-12-26-21(13-17)25-11-5-3-2-4-9-22(30)27-16-23(31)28-20(15-24(32)33)18-7-6-8-19(14-18)29(34)35;3-2(4,5)1(6)7/h6-8,10,12-14,20H,2-5,9,11,15-16H2,1H3,(H,25,26)(H,27,30)(H,28,31)(H,32,33);(H,6,7). The van der Waals surface area contributed by atoms with Gasteiger partial charge in [0.2, 0.25) is 11.8 Å². The zero-order chi connectivity index (χ0) is 31.7. The fourth-order valence-electron chi connectivity index (χ4n) is 3.41. The zero-order valence-electron chi connectivity index (χ0n) is 22.6. The first kappa shape index (κ1) is 35.3. The maximum absolute atomic E-state index is 12.3. The molecule has 42 heavy (non-hydrogen) atoms. The van der Waals surface area contributed by atoms with Crippen molar-refractivity contribution in [3.05, 3.63) is 63.8 Å². The van der Waals surface area contributed by atoms with Crippen LogP contribution in [0.4, 0.5) is 24.7 Å². The number of carbonyl (C=O) groups is 4. The van der Waals surface area contributed by atoms with Crippen LogP contribution in [-0.4, -0.2) is 63.1 Å². The van der Waals surface area contributed by atoms with Crippen LogP contribution in [0.1, 0.15) is 55.7 Å². The molecule has 0 bridgehead atoms. The van der Waals surface area contributed by atoms with Gasteiger partial charge in [-0.3, -0.25) is 24.5 Å². The molecule has 0 spiro atoms. The van der Waals surface area contributed by atoms with Gasteiger partial charge in [-0.2, -0.15) is 13.2 Å². The minimum Gasteiger partial charge on any atom is -0.481 e. The molecule has 2 aromatic rings. The van der Waals surface area contributed by atoms with Gasteiger partial charge in [-0.1, -0.05) is 25.0 Å². The molecule has 0 aliphatic heterocycles. The quantitative estimate of drug-likeness (QED) is 0.114. The minimum absolute atomic E-state index is 0.206. The normalized spacial score (nSPS) is 11.3. The third-order valence-corrected chi connectivity index (χ3v) is 5.44. The molecule has 2 amide bonds. The predicted molar refractivity (Wildman–Crippen MR) is 143 cm³/mol. The van der Waals surface area contributed by atoms with E-state index in [1.165, 1.54) is 24.3 Å². The molecule has 1 aromatic carbocycles. The number of aryl methyl sites for hydroxylation is 1. The lowest BCUT2D eigenvalue weighted by atomic mass is 10.0. The highest BCUT2D eigenvalue weighted by atomic mass is 19.4. The summed E-state index contributed by atoms with van der Waals surface area (Å²) in [4.78, 5) is 59.0. The van der Waals surface area contributed by atoms with Crippen LogP contribution in [0.5, 0.6) is 0 Å². The van der Waals surface area contributed by atoms with Crippen molar-refractivity contribution in [2.75, 3.05) is 18.4 Å². The number of halogens is 3. The number of aliphatic carboxylic acids is 2. The maximum Gasteiger partial charge on any atom is 0.490 e. The number of benzene rings is 1. The maximum atomic E-state index is 12.3. The van der Waals surface area contributed by atoms with Gasteiger partial charge in [-0.05, 0) is 43.0 Å². The van der Waals surface area contributed by atoms with E-state index in [1.807, 2.05) is 19.1 Å². The molecule has 230 valence electrons. The van der Waals surface area contributed by atoms with E-state index >= 15 is 0 Å². The van der Waals surface area contributed by atoms with Gasteiger partial charge < -0.3 is 26.2 Å². The highest BCUT2D eigenvalue weighted by molar-refractivity contribution is 5.85. The number of non-ortho nitro benzene ring substituents is 1. The Hall–Kier alpha value is -4.76. The summed E-state index contributed by atoms with van der Waals surface area (Å²) in [7, 11) is 0. The van der Waals surface area contributed by atoms with Crippen molar-refractivity contribution in [3.63, 3.8) is 0 Å². The third-order valence-electron chi connectivity index (χ3n) is 5.44. The van der Waals surface area contributed by atoms with E-state index < -0.39 is 41.4 Å². The number of pyridine rings is 1. The number of nitro groups is 1. The number of rotatable bonds is 15. The second kappa shape index (κ2) is 17.8. The van der Waals surface area contributed by atoms with Gasteiger partial charge in [-0.15, -0.1) is 0 Å². The van der Waals surface area contributed by atoms with Crippen LogP contribution in [0.15, 0.2) is 42.6 Å². The Morgan fingerprint density at radius 1 is 1.02 bits per heavy atom. The van der Waals surface area contributed by atoms with E-state index in [-0.39, 0.29) is 24.6 Å². The molecule has 0 fully saturated rings. The van der Waals surface area contributed by atoms with Gasteiger partial charge in [0.1, 0.15) is 5.82 Å².